The minimum absolute atomic E-state index is 0.0114. The third kappa shape index (κ3) is 3.42. The van der Waals surface area contributed by atoms with Gasteiger partial charge in [0.05, 0.1) is 12.9 Å². The summed E-state index contributed by atoms with van der Waals surface area (Å²) in [5.41, 5.74) is 3.70. The number of carbonyl (C=O) groups is 2. The molecule has 8 heteroatoms. The van der Waals surface area contributed by atoms with Gasteiger partial charge in [0.15, 0.2) is 0 Å². The van der Waals surface area contributed by atoms with Crippen LogP contribution in [0.15, 0.2) is 41.3 Å². The summed E-state index contributed by atoms with van der Waals surface area (Å²) in [5, 5.41) is 2.70. The van der Waals surface area contributed by atoms with Crippen molar-refractivity contribution in [2.75, 3.05) is 25.0 Å². The van der Waals surface area contributed by atoms with Gasteiger partial charge in [0.1, 0.15) is 6.54 Å². The van der Waals surface area contributed by atoms with E-state index in [-0.39, 0.29) is 29.7 Å². The highest BCUT2D eigenvalue weighted by Crippen LogP contribution is 2.52. The summed E-state index contributed by atoms with van der Waals surface area (Å²) >= 11 is 3.50. The molecule has 3 heterocycles. The van der Waals surface area contributed by atoms with Gasteiger partial charge in [-0.25, -0.2) is 9.97 Å². The Bertz CT molecular complexity index is 1030. The quantitative estimate of drug-likeness (QED) is 0.766. The first-order valence-corrected chi connectivity index (χ1v) is 10.4. The topological polar surface area (TPSA) is 84.4 Å². The van der Waals surface area contributed by atoms with Crippen LogP contribution in [0.5, 0.6) is 0 Å². The van der Waals surface area contributed by atoms with Crippen molar-refractivity contribution in [3.63, 3.8) is 0 Å². The lowest BCUT2D eigenvalue weighted by molar-refractivity contribution is -0.117. The second kappa shape index (κ2) is 6.95. The lowest BCUT2D eigenvalue weighted by atomic mass is 9.86. The second-order valence-corrected chi connectivity index (χ2v) is 8.65. The summed E-state index contributed by atoms with van der Waals surface area (Å²) in [4.78, 5) is 35.5. The molecule has 7 nitrogen and oxygen atoms in total. The Hall–Kier alpha value is -2.74. The van der Waals surface area contributed by atoms with Crippen LogP contribution in [0, 0.1) is 0 Å². The molecule has 1 N–H and O–H groups in total. The van der Waals surface area contributed by atoms with Gasteiger partial charge in [-0.3, -0.25) is 14.9 Å². The number of fused-ring (bicyclic) bond motifs is 2. The molecule has 29 heavy (non-hydrogen) atoms. The molecule has 0 unspecified atom stereocenters. The van der Waals surface area contributed by atoms with Gasteiger partial charge in [0.25, 0.3) is 5.91 Å². The monoisotopic (exact) mass is 454 g/mol. The number of hydrogen-bond donors (Lipinski definition) is 1. The number of aromatic nitrogens is 2. The molecule has 1 aliphatic carbocycles. The van der Waals surface area contributed by atoms with E-state index in [1.54, 1.807) is 23.6 Å². The van der Waals surface area contributed by atoms with Gasteiger partial charge < -0.3 is 9.64 Å². The number of ether oxygens (including phenoxy) is 1. The van der Waals surface area contributed by atoms with E-state index < -0.39 is 0 Å². The molecule has 0 radical (unpaired) electrons. The van der Waals surface area contributed by atoms with Crippen molar-refractivity contribution in [3.8, 4) is 0 Å². The van der Waals surface area contributed by atoms with Gasteiger partial charge in [-0.1, -0.05) is 15.9 Å². The van der Waals surface area contributed by atoms with Gasteiger partial charge in [-0.05, 0) is 36.6 Å². The third-order valence-corrected chi connectivity index (χ3v) is 6.23. The summed E-state index contributed by atoms with van der Waals surface area (Å²) in [6, 6.07) is 5.75. The first-order chi connectivity index (χ1) is 14.0. The zero-order valence-corrected chi connectivity index (χ0v) is 17.2. The molecule has 3 aliphatic rings. The first kappa shape index (κ1) is 18.3. The Balaban J connectivity index is 1.27. The summed E-state index contributed by atoms with van der Waals surface area (Å²) < 4.78 is 6.20. The molecule has 2 aliphatic heterocycles. The fourth-order valence-corrected chi connectivity index (χ4v) is 4.40. The first-order valence-electron chi connectivity index (χ1n) is 9.56. The number of halogens is 1. The van der Waals surface area contributed by atoms with E-state index in [1.807, 2.05) is 18.2 Å². The number of anilines is 1. The van der Waals surface area contributed by atoms with Crippen molar-refractivity contribution in [2.45, 2.75) is 24.7 Å². The molecule has 0 saturated heterocycles. The van der Waals surface area contributed by atoms with Crippen molar-refractivity contribution in [2.24, 2.45) is 0 Å². The fourth-order valence-electron chi connectivity index (χ4n) is 4.04. The van der Waals surface area contributed by atoms with Crippen molar-refractivity contribution in [3.05, 3.63) is 58.0 Å². The minimum atomic E-state index is -0.300. The van der Waals surface area contributed by atoms with Crippen molar-refractivity contribution in [1.82, 2.24) is 14.9 Å². The van der Waals surface area contributed by atoms with Gasteiger partial charge in [-0.15, -0.1) is 0 Å². The van der Waals surface area contributed by atoms with E-state index in [0.29, 0.717) is 18.7 Å². The van der Waals surface area contributed by atoms with Crippen molar-refractivity contribution < 1.29 is 14.3 Å². The molecule has 0 atom stereocenters. The predicted molar refractivity (Wildman–Crippen MR) is 110 cm³/mol. The predicted octanol–water partition coefficient (Wildman–Crippen LogP) is 3.13. The molecule has 1 saturated carbocycles. The van der Waals surface area contributed by atoms with Crippen molar-refractivity contribution >= 4 is 39.3 Å². The van der Waals surface area contributed by atoms with E-state index >= 15 is 0 Å². The number of nitrogens with zero attached hydrogens (tertiary/aromatic N) is 3. The average Bonchev–Trinajstić information content (AvgIpc) is 3.27. The zero-order valence-electron chi connectivity index (χ0n) is 15.7. The Morgan fingerprint density at radius 1 is 1.28 bits per heavy atom. The molecule has 1 fully saturated rings. The Morgan fingerprint density at radius 3 is 2.76 bits per heavy atom. The lowest BCUT2D eigenvalue weighted by Crippen LogP contribution is -2.46. The number of hydrogen-bond acceptors (Lipinski definition) is 5. The maximum Gasteiger partial charge on any atom is 0.254 e. The highest BCUT2D eigenvalue weighted by atomic mass is 79.9. The summed E-state index contributed by atoms with van der Waals surface area (Å²) in [6.45, 7) is 1.22. The van der Waals surface area contributed by atoms with E-state index in [0.717, 1.165) is 40.4 Å². The van der Waals surface area contributed by atoms with Gasteiger partial charge in [0, 0.05) is 51.9 Å². The Morgan fingerprint density at radius 2 is 2.07 bits per heavy atom. The van der Waals surface area contributed by atoms with E-state index in [9.17, 15) is 9.59 Å². The van der Waals surface area contributed by atoms with Crippen LogP contribution in [0.2, 0.25) is 0 Å². The number of amides is 2. The fraction of sp³-hybridized carbons (Fsp3) is 0.333. The van der Waals surface area contributed by atoms with Crippen LogP contribution in [0.25, 0.3) is 5.57 Å². The van der Waals surface area contributed by atoms with Crippen LogP contribution >= 0.6 is 15.9 Å². The van der Waals surface area contributed by atoms with Crippen LogP contribution in [0.3, 0.4) is 0 Å². The molecule has 148 valence electrons. The molecule has 5 rings (SSSR count). The van der Waals surface area contributed by atoms with Gasteiger partial charge >= 0.3 is 0 Å². The minimum Gasteiger partial charge on any atom is -0.501 e. The number of nitrogens with one attached hydrogen (secondary N) is 1. The second-order valence-electron chi connectivity index (χ2n) is 7.74. The Kier molecular flexibility index (Phi) is 4.38. The molecule has 1 aromatic heterocycles. The summed E-state index contributed by atoms with van der Waals surface area (Å²) in [7, 11) is 0. The summed E-state index contributed by atoms with van der Waals surface area (Å²) in [5.74, 6) is -0.177. The highest BCUT2D eigenvalue weighted by Gasteiger charge is 2.51. The van der Waals surface area contributed by atoms with Crippen LogP contribution in [-0.2, 0) is 14.9 Å². The van der Waals surface area contributed by atoms with Crippen molar-refractivity contribution in [1.29, 1.82) is 0 Å². The molecule has 2 aromatic rings. The van der Waals surface area contributed by atoms with Crippen LogP contribution < -0.4 is 5.32 Å². The number of benzene rings is 1. The Labute approximate surface area is 176 Å². The maximum atomic E-state index is 12.9. The smallest absolute Gasteiger partial charge is 0.254 e. The van der Waals surface area contributed by atoms with Crippen LogP contribution in [0.1, 0.15) is 40.7 Å². The molecule has 0 bridgehead atoms. The van der Waals surface area contributed by atoms with E-state index in [2.05, 4.69) is 31.2 Å². The SMILES string of the molecule is O=C(CN1CC2(CC2)c2cc(Br)ccc2C1=O)Nc1ncc(C2=COCC2)cn1. The number of rotatable bonds is 4. The largest absolute Gasteiger partial charge is 0.501 e. The average molecular weight is 455 g/mol. The maximum absolute atomic E-state index is 12.9. The van der Waals surface area contributed by atoms with Crippen LogP contribution in [0.4, 0.5) is 5.95 Å². The lowest BCUT2D eigenvalue weighted by Gasteiger charge is -2.34. The van der Waals surface area contributed by atoms with E-state index in [1.165, 1.54) is 0 Å². The highest BCUT2D eigenvalue weighted by molar-refractivity contribution is 9.10. The third-order valence-electron chi connectivity index (χ3n) is 5.74. The molecule has 1 spiro atoms. The molecule has 2 amide bonds. The van der Waals surface area contributed by atoms with Crippen LogP contribution in [-0.4, -0.2) is 46.4 Å². The standard InChI is InChI=1S/C21H19BrN4O3/c22-15-1-2-16-17(7-15)21(4-5-21)12-26(19(16)28)10-18(27)25-20-23-8-14(9-24-20)13-3-6-29-11-13/h1-2,7-9,11H,3-6,10,12H2,(H,23,24,25,27). The van der Waals surface area contributed by atoms with Gasteiger partial charge in [-0.2, -0.15) is 0 Å². The van der Waals surface area contributed by atoms with E-state index in [4.69, 9.17) is 4.74 Å². The number of carbonyl (C=O) groups excluding carboxylic acids is 2. The normalized spacial score (nSPS) is 18.9. The zero-order chi connectivity index (χ0) is 20.0. The molecular formula is C21H19BrN4O3. The molecular weight excluding hydrogens is 436 g/mol. The van der Waals surface area contributed by atoms with Gasteiger partial charge in [0.2, 0.25) is 11.9 Å². The summed E-state index contributed by atoms with van der Waals surface area (Å²) in [6.07, 6.45) is 7.94. The molecule has 1 aromatic carbocycles.